The summed E-state index contributed by atoms with van der Waals surface area (Å²) in [6.45, 7) is 2.00. The summed E-state index contributed by atoms with van der Waals surface area (Å²) in [5.41, 5.74) is 7.89. The van der Waals surface area contributed by atoms with E-state index in [1.54, 1.807) is 18.2 Å². The highest BCUT2D eigenvalue weighted by Gasteiger charge is 2.10. The molecule has 41 heavy (non-hydrogen) atoms. The predicted octanol–water partition coefficient (Wildman–Crippen LogP) is 2.41. The number of unbranched alkanes of at least 4 members (excludes halogenated alkanes) is 4. The second-order valence-electron chi connectivity index (χ2n) is 9.33. The molecule has 0 aromatic heterocycles. The molecule has 9 N–H and O–H groups in total. The number of hydrogen-bond donors (Lipinski definition) is 8. The first-order chi connectivity index (χ1) is 19.8. The van der Waals surface area contributed by atoms with Crippen LogP contribution >= 0.6 is 0 Å². The number of aromatic hydroxyl groups is 1. The number of ether oxygens (including phenoxy) is 1. The quantitative estimate of drug-likeness (QED) is 0.0912. The van der Waals surface area contributed by atoms with Crippen molar-refractivity contribution >= 4 is 24.1 Å². The van der Waals surface area contributed by atoms with Gasteiger partial charge in [0.05, 0.1) is 19.3 Å². The molecule has 0 saturated heterocycles. The monoisotopic (exact) mass is 576 g/mol. The van der Waals surface area contributed by atoms with Crippen LogP contribution in [0.25, 0.3) is 0 Å². The van der Waals surface area contributed by atoms with Gasteiger partial charge in [0.25, 0.3) is 6.47 Å². The number of primary amides is 1. The smallest absolute Gasteiger partial charge is 0.319 e. The molecular formula is C29H44N4O8. The van der Waals surface area contributed by atoms with Gasteiger partial charge in [-0.1, -0.05) is 31.0 Å². The first-order valence-electron chi connectivity index (χ1n) is 13.7. The number of aryl methyl sites for hydroxylation is 1. The Morgan fingerprint density at radius 1 is 1.00 bits per heavy atom. The topological polar surface area (TPSA) is 203 Å². The van der Waals surface area contributed by atoms with Crippen LogP contribution in [0.3, 0.4) is 0 Å². The number of nitrogens with two attached hydrogens (primary N) is 1. The summed E-state index contributed by atoms with van der Waals surface area (Å²) in [4.78, 5) is 30.8. The summed E-state index contributed by atoms with van der Waals surface area (Å²) in [5.74, 6) is -0.562. The maximum absolute atomic E-state index is 11.7. The molecule has 2 aromatic rings. The number of nitrogens with one attached hydrogen (secondary N) is 3. The highest BCUT2D eigenvalue weighted by atomic mass is 16.5. The zero-order valence-electron chi connectivity index (χ0n) is 23.4. The molecule has 0 heterocycles. The number of rotatable bonds is 19. The summed E-state index contributed by atoms with van der Waals surface area (Å²) < 4.78 is 5.74. The molecule has 1 atom stereocenters. The predicted molar refractivity (Wildman–Crippen MR) is 155 cm³/mol. The summed E-state index contributed by atoms with van der Waals surface area (Å²) in [6, 6.07) is 11.9. The van der Waals surface area contributed by atoms with E-state index in [4.69, 9.17) is 20.4 Å². The zero-order chi connectivity index (χ0) is 30.3. The Hall–Kier alpha value is -3.71. The number of phenols is 1. The number of anilines is 1. The zero-order valence-corrected chi connectivity index (χ0v) is 23.4. The van der Waals surface area contributed by atoms with Gasteiger partial charge in [0, 0.05) is 31.0 Å². The lowest BCUT2D eigenvalue weighted by atomic mass is 10.1. The molecule has 0 radical (unpaired) electrons. The third-order valence-corrected chi connectivity index (χ3v) is 6.00. The van der Waals surface area contributed by atoms with Gasteiger partial charge in [-0.3, -0.25) is 9.59 Å². The average Bonchev–Trinajstić information content (AvgIpc) is 2.95. The third kappa shape index (κ3) is 16.9. The molecule has 12 nitrogen and oxygen atoms in total. The van der Waals surface area contributed by atoms with Crippen molar-refractivity contribution in [1.29, 1.82) is 0 Å². The van der Waals surface area contributed by atoms with E-state index in [9.17, 15) is 24.9 Å². The summed E-state index contributed by atoms with van der Waals surface area (Å²) in [6.07, 6.45) is 6.37. The van der Waals surface area contributed by atoms with Crippen LogP contribution in [0.1, 0.15) is 61.3 Å². The molecule has 0 aliphatic carbocycles. The third-order valence-electron chi connectivity index (χ3n) is 6.00. The Labute approximate surface area is 240 Å². The first-order valence-corrected chi connectivity index (χ1v) is 13.7. The highest BCUT2D eigenvalue weighted by Crippen LogP contribution is 2.22. The molecule has 0 aliphatic heterocycles. The molecule has 0 bridgehead atoms. The maximum atomic E-state index is 11.7. The lowest BCUT2D eigenvalue weighted by molar-refractivity contribution is -0.123. The van der Waals surface area contributed by atoms with Gasteiger partial charge in [-0.05, 0) is 74.0 Å². The molecule has 0 unspecified atom stereocenters. The molecule has 228 valence electrons. The molecule has 0 fully saturated rings. The van der Waals surface area contributed by atoms with Crippen molar-refractivity contribution in [3.8, 4) is 5.75 Å². The fourth-order valence-electron chi connectivity index (χ4n) is 3.89. The van der Waals surface area contributed by atoms with Gasteiger partial charge in [0.1, 0.15) is 5.75 Å². The minimum Gasteiger partial charge on any atom is -0.508 e. The highest BCUT2D eigenvalue weighted by molar-refractivity contribution is 5.91. The van der Waals surface area contributed by atoms with Crippen LogP contribution in [0, 0.1) is 0 Å². The second kappa shape index (κ2) is 22.0. The molecule has 0 saturated carbocycles. The van der Waals surface area contributed by atoms with Crippen molar-refractivity contribution < 1.29 is 39.5 Å². The summed E-state index contributed by atoms with van der Waals surface area (Å²) in [5, 5.41) is 44.3. The van der Waals surface area contributed by atoms with E-state index in [1.165, 1.54) is 6.07 Å². The van der Waals surface area contributed by atoms with Gasteiger partial charge in [0.2, 0.25) is 5.91 Å². The minimum atomic E-state index is -0.684. The van der Waals surface area contributed by atoms with Crippen molar-refractivity contribution in [2.45, 2.75) is 57.7 Å². The van der Waals surface area contributed by atoms with Gasteiger partial charge in [-0.25, -0.2) is 4.79 Å². The van der Waals surface area contributed by atoms with E-state index in [2.05, 4.69) is 16.0 Å². The maximum Gasteiger partial charge on any atom is 0.319 e. The number of urea groups is 1. The van der Waals surface area contributed by atoms with Crippen molar-refractivity contribution in [2.75, 3.05) is 38.2 Å². The van der Waals surface area contributed by atoms with E-state index in [-0.39, 0.29) is 25.4 Å². The van der Waals surface area contributed by atoms with Crippen LogP contribution in [0.15, 0.2) is 42.5 Å². The molecule has 0 aliphatic rings. The van der Waals surface area contributed by atoms with E-state index in [0.717, 1.165) is 70.3 Å². The van der Waals surface area contributed by atoms with Gasteiger partial charge in [-0.2, -0.15) is 0 Å². The molecule has 0 spiro atoms. The number of amides is 3. The van der Waals surface area contributed by atoms with Gasteiger partial charge >= 0.3 is 6.03 Å². The number of carbonyl (C=O) groups is 3. The number of aliphatic hydroxyl groups excluding tert-OH is 2. The SMILES string of the molecule is NC(=O)CNC(=O)Nc1cccc(CCCCOCCCCCCNC[C@H](O)c2ccc(O)c(CO)c2)c1.O=CO. The van der Waals surface area contributed by atoms with Crippen LogP contribution < -0.4 is 21.7 Å². The molecule has 2 aromatic carbocycles. The Bertz CT molecular complexity index is 1040. The van der Waals surface area contributed by atoms with Crippen LogP contribution in [0.4, 0.5) is 10.5 Å². The van der Waals surface area contributed by atoms with Crippen molar-refractivity contribution in [1.82, 2.24) is 10.6 Å². The normalized spacial score (nSPS) is 11.2. The Balaban J connectivity index is 0.00000268. The Kier molecular flexibility index (Phi) is 19.0. The standard InChI is InChI=1S/C28H42N4O6.CH2O2/c29-27(36)19-31-28(37)32-24-10-7-9-21(16-24)8-3-6-15-38-14-5-2-1-4-13-30-18-26(35)22-11-12-25(34)23(17-22)20-33;2-1-3/h7,9-12,16-17,26,30,33-35H,1-6,8,13-15,18-20H2,(H2,29,36)(H2,31,32,37);1H,(H,2,3)/t26-;/m0./s1. The van der Waals surface area contributed by atoms with Crippen LogP contribution in [-0.2, 0) is 27.4 Å². The number of hydrogen-bond acceptors (Lipinski definition) is 8. The van der Waals surface area contributed by atoms with Crippen LogP contribution in [0.5, 0.6) is 5.75 Å². The Morgan fingerprint density at radius 3 is 2.41 bits per heavy atom. The summed E-state index contributed by atoms with van der Waals surface area (Å²) >= 11 is 0. The van der Waals surface area contributed by atoms with E-state index in [1.807, 2.05) is 18.2 Å². The lowest BCUT2D eigenvalue weighted by Gasteiger charge is -2.14. The lowest BCUT2D eigenvalue weighted by Crippen LogP contribution is -2.36. The van der Waals surface area contributed by atoms with E-state index >= 15 is 0 Å². The fourth-order valence-corrected chi connectivity index (χ4v) is 3.89. The van der Waals surface area contributed by atoms with Crippen molar-refractivity contribution in [3.63, 3.8) is 0 Å². The fraction of sp³-hybridized carbons (Fsp3) is 0.483. The average molecular weight is 577 g/mol. The van der Waals surface area contributed by atoms with Gasteiger partial charge in [0.15, 0.2) is 0 Å². The number of benzene rings is 2. The molecule has 12 heteroatoms. The number of carbonyl (C=O) groups excluding carboxylic acids is 2. The van der Waals surface area contributed by atoms with E-state index < -0.39 is 18.0 Å². The molecule has 3 amide bonds. The first kappa shape index (κ1) is 35.3. The number of aliphatic hydroxyl groups is 2. The number of carboxylic acid groups (broad SMARTS) is 1. The van der Waals surface area contributed by atoms with Crippen LogP contribution in [-0.4, -0.2) is 71.7 Å². The molecule has 2 rings (SSSR count). The summed E-state index contributed by atoms with van der Waals surface area (Å²) in [7, 11) is 0. The second-order valence-corrected chi connectivity index (χ2v) is 9.33. The van der Waals surface area contributed by atoms with E-state index in [0.29, 0.717) is 23.4 Å². The Morgan fingerprint density at radius 2 is 1.71 bits per heavy atom. The largest absolute Gasteiger partial charge is 0.508 e. The van der Waals surface area contributed by atoms with Crippen molar-refractivity contribution in [2.24, 2.45) is 5.73 Å². The van der Waals surface area contributed by atoms with Gasteiger partial charge in [-0.15, -0.1) is 0 Å². The van der Waals surface area contributed by atoms with Crippen LogP contribution in [0.2, 0.25) is 0 Å². The minimum absolute atomic E-state index is 0.0314. The molecular weight excluding hydrogens is 532 g/mol. The van der Waals surface area contributed by atoms with Crippen molar-refractivity contribution in [3.05, 3.63) is 59.2 Å². The van der Waals surface area contributed by atoms with Gasteiger partial charge < -0.3 is 46.8 Å².